The van der Waals surface area contributed by atoms with Crippen molar-refractivity contribution in [1.29, 1.82) is 0 Å². The largest absolute Gasteiger partial charge is 0.294 e. The van der Waals surface area contributed by atoms with Crippen LogP contribution < -0.4 is 5.43 Å². The molecule has 0 spiro atoms. The Balaban J connectivity index is 2.36. The summed E-state index contributed by atoms with van der Waals surface area (Å²) in [6.07, 6.45) is 3.56. The lowest BCUT2D eigenvalue weighted by molar-refractivity contribution is -0.384. The van der Waals surface area contributed by atoms with Crippen molar-refractivity contribution in [3.05, 3.63) is 58.4 Å². The highest BCUT2D eigenvalue weighted by Gasteiger charge is 2.13. The quantitative estimate of drug-likeness (QED) is 0.635. The van der Waals surface area contributed by atoms with Gasteiger partial charge in [-0.1, -0.05) is 6.07 Å². The van der Waals surface area contributed by atoms with Gasteiger partial charge < -0.3 is 0 Å². The van der Waals surface area contributed by atoms with Crippen LogP contribution in [-0.4, -0.2) is 9.60 Å². The number of nitro groups is 1. The monoisotopic (exact) mass is 217 g/mol. The average Bonchev–Trinajstić information content (AvgIpc) is 2.73. The van der Waals surface area contributed by atoms with Gasteiger partial charge in [0.05, 0.1) is 4.92 Å². The predicted octanol–water partition coefficient (Wildman–Crippen LogP) is 2.58. The molecule has 0 unspecified atom stereocenters. The highest BCUT2D eigenvalue weighted by atomic mass is 16.6. The maximum absolute atomic E-state index is 10.9. The smallest absolute Gasteiger partial charge is 0.288 e. The number of hydrogen-bond donors (Lipinski definition) is 1. The topological polar surface area (TPSA) is 60.1 Å². The van der Waals surface area contributed by atoms with Crippen LogP contribution in [0.3, 0.4) is 0 Å². The van der Waals surface area contributed by atoms with Gasteiger partial charge in [0.25, 0.3) is 5.69 Å². The highest BCUT2D eigenvalue weighted by Crippen LogP contribution is 2.25. The van der Waals surface area contributed by atoms with Crippen LogP contribution >= 0.6 is 0 Å². The first kappa shape index (κ1) is 10.2. The van der Waals surface area contributed by atoms with Crippen molar-refractivity contribution < 1.29 is 4.92 Å². The maximum atomic E-state index is 10.9. The Hall–Kier alpha value is -2.30. The van der Waals surface area contributed by atoms with E-state index in [1.54, 1.807) is 29.2 Å². The van der Waals surface area contributed by atoms with E-state index in [0.29, 0.717) is 5.69 Å². The van der Waals surface area contributed by atoms with Crippen molar-refractivity contribution in [2.45, 2.75) is 6.92 Å². The van der Waals surface area contributed by atoms with Crippen LogP contribution in [0.25, 0.3) is 0 Å². The third-order valence-corrected chi connectivity index (χ3v) is 2.20. The zero-order chi connectivity index (χ0) is 11.5. The zero-order valence-corrected chi connectivity index (χ0v) is 8.75. The van der Waals surface area contributed by atoms with Crippen LogP contribution in [0.1, 0.15) is 5.56 Å². The second-order valence-electron chi connectivity index (χ2n) is 3.48. The lowest BCUT2D eigenvalue weighted by Crippen LogP contribution is -2.07. The van der Waals surface area contributed by atoms with Gasteiger partial charge in [-0.2, -0.15) is 0 Å². The Morgan fingerprint density at radius 3 is 2.62 bits per heavy atom. The van der Waals surface area contributed by atoms with Crippen molar-refractivity contribution in [2.75, 3.05) is 5.43 Å². The first-order valence-electron chi connectivity index (χ1n) is 4.82. The van der Waals surface area contributed by atoms with Gasteiger partial charge in [0.2, 0.25) is 0 Å². The van der Waals surface area contributed by atoms with Crippen LogP contribution in [0.4, 0.5) is 11.4 Å². The molecule has 5 heteroatoms. The molecular formula is C11H11N3O2. The third kappa shape index (κ3) is 2.03. The molecule has 5 nitrogen and oxygen atoms in total. The number of aryl methyl sites for hydroxylation is 1. The molecule has 0 atom stereocenters. The molecule has 1 heterocycles. The first-order valence-corrected chi connectivity index (χ1v) is 4.82. The molecule has 1 aromatic heterocycles. The van der Waals surface area contributed by atoms with Crippen molar-refractivity contribution >= 4 is 11.4 Å². The van der Waals surface area contributed by atoms with Gasteiger partial charge in [0.15, 0.2) is 0 Å². The number of anilines is 1. The molecule has 1 N–H and O–H groups in total. The molecule has 0 bridgehead atoms. The van der Waals surface area contributed by atoms with Crippen LogP contribution in [0, 0.1) is 17.0 Å². The summed E-state index contributed by atoms with van der Waals surface area (Å²) in [5.74, 6) is 0. The third-order valence-electron chi connectivity index (χ3n) is 2.20. The Bertz CT molecular complexity index is 506. The van der Waals surface area contributed by atoms with Crippen LogP contribution in [-0.2, 0) is 0 Å². The molecular weight excluding hydrogens is 206 g/mol. The molecule has 1 aromatic carbocycles. The van der Waals surface area contributed by atoms with E-state index in [-0.39, 0.29) is 5.69 Å². The summed E-state index contributed by atoms with van der Waals surface area (Å²) in [6, 6.07) is 8.76. The molecule has 2 aromatic rings. The summed E-state index contributed by atoms with van der Waals surface area (Å²) < 4.78 is 1.66. The Morgan fingerprint density at radius 2 is 2.00 bits per heavy atom. The SMILES string of the molecule is Cc1ccc(Nn2cccc2)c([N+](=O)[O-])c1. The Labute approximate surface area is 92.4 Å². The minimum absolute atomic E-state index is 0.0775. The summed E-state index contributed by atoms with van der Waals surface area (Å²) in [5.41, 5.74) is 4.36. The predicted molar refractivity (Wildman–Crippen MR) is 61.3 cm³/mol. The molecule has 2 rings (SSSR count). The van der Waals surface area contributed by atoms with E-state index in [2.05, 4.69) is 5.43 Å². The average molecular weight is 217 g/mol. The molecule has 0 amide bonds. The van der Waals surface area contributed by atoms with Gasteiger partial charge in [0, 0.05) is 18.5 Å². The van der Waals surface area contributed by atoms with Gasteiger partial charge in [-0.25, -0.2) is 0 Å². The van der Waals surface area contributed by atoms with Crippen molar-refractivity contribution in [3.63, 3.8) is 0 Å². The molecule has 0 aliphatic heterocycles. The van der Waals surface area contributed by atoms with E-state index < -0.39 is 4.92 Å². The van der Waals surface area contributed by atoms with Gasteiger partial charge in [-0.15, -0.1) is 0 Å². The number of benzene rings is 1. The summed E-state index contributed by atoms with van der Waals surface area (Å²) in [5, 5.41) is 10.9. The fourth-order valence-electron chi connectivity index (χ4n) is 1.44. The second-order valence-corrected chi connectivity index (χ2v) is 3.48. The molecule has 0 saturated carbocycles. The lowest BCUT2D eigenvalue weighted by Gasteiger charge is -2.08. The number of nitrogens with zero attached hydrogens (tertiary/aromatic N) is 2. The Kier molecular flexibility index (Phi) is 2.59. The van der Waals surface area contributed by atoms with Gasteiger partial charge in [-0.05, 0) is 30.7 Å². The summed E-state index contributed by atoms with van der Waals surface area (Å²) in [6.45, 7) is 1.83. The first-order chi connectivity index (χ1) is 7.66. The normalized spacial score (nSPS) is 10.1. The minimum atomic E-state index is -0.390. The molecule has 0 fully saturated rings. The van der Waals surface area contributed by atoms with E-state index in [4.69, 9.17) is 0 Å². The van der Waals surface area contributed by atoms with E-state index in [9.17, 15) is 10.1 Å². The molecule has 0 radical (unpaired) electrons. The fourth-order valence-corrected chi connectivity index (χ4v) is 1.44. The lowest BCUT2D eigenvalue weighted by atomic mass is 10.2. The number of rotatable bonds is 3. The molecule has 16 heavy (non-hydrogen) atoms. The summed E-state index contributed by atoms with van der Waals surface area (Å²) in [7, 11) is 0. The minimum Gasteiger partial charge on any atom is -0.288 e. The maximum Gasteiger partial charge on any atom is 0.294 e. The van der Waals surface area contributed by atoms with Crippen LogP contribution in [0.5, 0.6) is 0 Å². The second kappa shape index (κ2) is 4.06. The van der Waals surface area contributed by atoms with E-state index in [1.165, 1.54) is 0 Å². The molecule has 0 aliphatic rings. The van der Waals surface area contributed by atoms with Crippen LogP contribution in [0.2, 0.25) is 0 Å². The fraction of sp³-hybridized carbons (Fsp3) is 0.0909. The van der Waals surface area contributed by atoms with Gasteiger partial charge in [0.1, 0.15) is 5.69 Å². The summed E-state index contributed by atoms with van der Waals surface area (Å²) in [4.78, 5) is 10.5. The van der Waals surface area contributed by atoms with E-state index in [1.807, 2.05) is 25.1 Å². The zero-order valence-electron chi connectivity index (χ0n) is 8.75. The van der Waals surface area contributed by atoms with Gasteiger partial charge >= 0.3 is 0 Å². The molecule has 82 valence electrons. The van der Waals surface area contributed by atoms with Crippen molar-refractivity contribution in [2.24, 2.45) is 0 Å². The van der Waals surface area contributed by atoms with E-state index >= 15 is 0 Å². The number of hydrogen-bond acceptors (Lipinski definition) is 3. The summed E-state index contributed by atoms with van der Waals surface area (Å²) >= 11 is 0. The number of nitrogens with one attached hydrogen (secondary N) is 1. The highest BCUT2D eigenvalue weighted by molar-refractivity contribution is 5.62. The van der Waals surface area contributed by atoms with Gasteiger partial charge in [-0.3, -0.25) is 20.2 Å². The molecule has 0 saturated heterocycles. The van der Waals surface area contributed by atoms with Crippen LogP contribution in [0.15, 0.2) is 42.7 Å². The standard InChI is InChI=1S/C11H11N3O2/c1-9-4-5-10(11(8-9)14(15)16)12-13-6-2-3-7-13/h2-8,12H,1H3. The van der Waals surface area contributed by atoms with Crippen molar-refractivity contribution in [3.8, 4) is 0 Å². The Morgan fingerprint density at radius 1 is 1.31 bits per heavy atom. The number of nitro benzene ring substituents is 1. The number of aromatic nitrogens is 1. The van der Waals surface area contributed by atoms with E-state index in [0.717, 1.165) is 5.56 Å². The molecule has 0 aliphatic carbocycles. The van der Waals surface area contributed by atoms with Crippen molar-refractivity contribution in [1.82, 2.24) is 4.68 Å².